The predicted octanol–water partition coefficient (Wildman–Crippen LogP) is -0.965. The SMILES string of the molecule is NNc1cc(NC2CCCNC2=O)nc(N)n1. The van der Waals surface area contributed by atoms with Crippen molar-refractivity contribution in [2.75, 3.05) is 23.0 Å². The monoisotopic (exact) mass is 237 g/mol. The molecule has 8 nitrogen and oxygen atoms in total. The first-order chi connectivity index (χ1) is 8.19. The highest BCUT2D eigenvalue weighted by molar-refractivity contribution is 5.85. The highest BCUT2D eigenvalue weighted by Gasteiger charge is 2.22. The maximum atomic E-state index is 11.5. The molecule has 1 aromatic heterocycles. The van der Waals surface area contributed by atoms with Gasteiger partial charge < -0.3 is 21.8 Å². The summed E-state index contributed by atoms with van der Waals surface area (Å²) < 4.78 is 0. The van der Waals surface area contributed by atoms with Gasteiger partial charge in [-0.05, 0) is 12.8 Å². The molecular weight excluding hydrogens is 222 g/mol. The zero-order valence-electron chi connectivity index (χ0n) is 9.23. The van der Waals surface area contributed by atoms with E-state index in [1.165, 1.54) is 0 Å². The molecule has 7 N–H and O–H groups in total. The average Bonchev–Trinajstić information content (AvgIpc) is 2.31. The minimum absolute atomic E-state index is 0.0318. The Hall–Kier alpha value is -2.09. The lowest BCUT2D eigenvalue weighted by atomic mass is 10.1. The largest absolute Gasteiger partial charge is 0.368 e. The van der Waals surface area contributed by atoms with Gasteiger partial charge in [0.25, 0.3) is 0 Å². The van der Waals surface area contributed by atoms with E-state index in [0.717, 1.165) is 19.4 Å². The van der Waals surface area contributed by atoms with Gasteiger partial charge in [0.15, 0.2) is 0 Å². The number of hydrazine groups is 1. The van der Waals surface area contributed by atoms with Gasteiger partial charge in [-0.25, -0.2) is 5.84 Å². The molecule has 1 atom stereocenters. The number of nitrogen functional groups attached to an aromatic ring is 2. The molecule has 2 rings (SSSR count). The quantitative estimate of drug-likeness (QED) is 0.338. The zero-order chi connectivity index (χ0) is 12.3. The van der Waals surface area contributed by atoms with E-state index in [1.807, 2.05) is 0 Å². The molecular formula is C9H15N7O. The van der Waals surface area contributed by atoms with E-state index in [-0.39, 0.29) is 17.9 Å². The van der Waals surface area contributed by atoms with Gasteiger partial charge in [0.2, 0.25) is 11.9 Å². The molecule has 1 fully saturated rings. The van der Waals surface area contributed by atoms with Crippen LogP contribution in [0.1, 0.15) is 12.8 Å². The number of piperidine rings is 1. The molecule has 0 aromatic carbocycles. The van der Waals surface area contributed by atoms with Crippen molar-refractivity contribution in [3.05, 3.63) is 6.07 Å². The molecule has 0 radical (unpaired) electrons. The summed E-state index contributed by atoms with van der Waals surface area (Å²) in [6.45, 7) is 0.721. The lowest BCUT2D eigenvalue weighted by molar-refractivity contribution is -0.123. The molecule has 0 spiro atoms. The van der Waals surface area contributed by atoms with Crippen molar-refractivity contribution in [3.63, 3.8) is 0 Å². The summed E-state index contributed by atoms with van der Waals surface area (Å²) >= 11 is 0. The van der Waals surface area contributed by atoms with E-state index in [0.29, 0.717) is 11.6 Å². The maximum absolute atomic E-state index is 11.5. The molecule has 8 heteroatoms. The number of rotatable bonds is 3. The number of nitrogens with two attached hydrogens (primary N) is 2. The van der Waals surface area contributed by atoms with Crippen molar-refractivity contribution in [3.8, 4) is 0 Å². The third-order valence-corrected chi connectivity index (χ3v) is 2.50. The van der Waals surface area contributed by atoms with Gasteiger partial charge in [-0.2, -0.15) is 9.97 Å². The standard InChI is InChI=1S/C9H15N7O/c10-9-14-6(4-7(15-9)16-11)13-5-2-1-3-12-8(5)17/h4-5H,1-3,11H2,(H,12,17)(H4,10,13,14,15,16). The van der Waals surface area contributed by atoms with Crippen LogP contribution in [0, 0.1) is 0 Å². The molecule has 17 heavy (non-hydrogen) atoms. The highest BCUT2D eigenvalue weighted by atomic mass is 16.2. The zero-order valence-corrected chi connectivity index (χ0v) is 9.23. The Morgan fingerprint density at radius 1 is 1.41 bits per heavy atom. The Morgan fingerprint density at radius 3 is 2.88 bits per heavy atom. The van der Waals surface area contributed by atoms with Crippen molar-refractivity contribution < 1.29 is 4.79 Å². The van der Waals surface area contributed by atoms with Crippen LogP contribution >= 0.6 is 0 Å². The van der Waals surface area contributed by atoms with Crippen LogP contribution in [0.3, 0.4) is 0 Å². The minimum Gasteiger partial charge on any atom is -0.368 e. The Bertz CT molecular complexity index is 422. The highest BCUT2D eigenvalue weighted by Crippen LogP contribution is 2.15. The van der Waals surface area contributed by atoms with Gasteiger partial charge in [0, 0.05) is 12.6 Å². The third-order valence-electron chi connectivity index (χ3n) is 2.50. The van der Waals surface area contributed by atoms with Crippen LogP contribution in [0.4, 0.5) is 17.6 Å². The van der Waals surface area contributed by atoms with E-state index < -0.39 is 0 Å². The summed E-state index contributed by atoms with van der Waals surface area (Å²) in [5, 5.41) is 5.79. The smallest absolute Gasteiger partial charge is 0.242 e. The lowest BCUT2D eigenvalue weighted by Gasteiger charge is -2.23. The molecule has 0 bridgehead atoms. The molecule has 2 heterocycles. The van der Waals surface area contributed by atoms with Gasteiger partial charge in [-0.3, -0.25) is 4.79 Å². The van der Waals surface area contributed by atoms with Crippen molar-refractivity contribution in [1.29, 1.82) is 0 Å². The van der Waals surface area contributed by atoms with Crippen molar-refractivity contribution in [2.45, 2.75) is 18.9 Å². The number of nitrogens with one attached hydrogen (secondary N) is 3. The number of anilines is 3. The average molecular weight is 237 g/mol. The van der Waals surface area contributed by atoms with Gasteiger partial charge in [-0.1, -0.05) is 0 Å². The molecule has 1 aliphatic rings. The number of carbonyl (C=O) groups excluding carboxylic acids is 1. The number of amides is 1. The number of aromatic nitrogens is 2. The molecule has 1 amide bonds. The summed E-state index contributed by atoms with van der Waals surface area (Å²) in [7, 11) is 0. The minimum atomic E-state index is -0.288. The van der Waals surface area contributed by atoms with Crippen LogP contribution in [-0.2, 0) is 4.79 Å². The van der Waals surface area contributed by atoms with Gasteiger partial charge in [-0.15, -0.1) is 0 Å². The molecule has 1 unspecified atom stereocenters. The van der Waals surface area contributed by atoms with E-state index in [2.05, 4.69) is 26.0 Å². The Kier molecular flexibility index (Phi) is 3.24. The molecule has 92 valence electrons. The van der Waals surface area contributed by atoms with Crippen LogP contribution < -0.4 is 27.6 Å². The van der Waals surface area contributed by atoms with Crippen molar-refractivity contribution >= 4 is 23.5 Å². The van der Waals surface area contributed by atoms with E-state index in [4.69, 9.17) is 11.6 Å². The van der Waals surface area contributed by atoms with E-state index >= 15 is 0 Å². The van der Waals surface area contributed by atoms with Gasteiger partial charge in [0.05, 0.1) is 0 Å². The summed E-state index contributed by atoms with van der Waals surface area (Å²) in [6.07, 6.45) is 1.70. The summed E-state index contributed by atoms with van der Waals surface area (Å²) in [5.74, 6) is 6.19. The molecule has 0 saturated carbocycles. The summed E-state index contributed by atoms with van der Waals surface area (Å²) in [4.78, 5) is 19.4. The van der Waals surface area contributed by atoms with E-state index in [1.54, 1.807) is 6.07 Å². The second-order valence-corrected chi connectivity index (χ2v) is 3.77. The first kappa shape index (κ1) is 11.4. The van der Waals surface area contributed by atoms with Gasteiger partial charge >= 0.3 is 0 Å². The lowest BCUT2D eigenvalue weighted by Crippen LogP contribution is -2.44. The van der Waals surface area contributed by atoms with E-state index in [9.17, 15) is 4.79 Å². The number of carbonyl (C=O) groups is 1. The predicted molar refractivity (Wildman–Crippen MR) is 63.9 cm³/mol. The molecule has 0 aliphatic carbocycles. The third kappa shape index (κ3) is 2.72. The molecule has 1 aromatic rings. The molecule has 1 aliphatic heterocycles. The fraction of sp³-hybridized carbons (Fsp3) is 0.444. The van der Waals surface area contributed by atoms with Crippen LogP contribution in [-0.4, -0.2) is 28.5 Å². The van der Waals surface area contributed by atoms with Crippen LogP contribution in [0.5, 0.6) is 0 Å². The Morgan fingerprint density at radius 2 is 2.18 bits per heavy atom. The Labute approximate surface area is 98.2 Å². The fourth-order valence-electron chi connectivity index (χ4n) is 1.70. The van der Waals surface area contributed by atoms with Crippen molar-refractivity contribution in [2.24, 2.45) is 5.84 Å². The second kappa shape index (κ2) is 4.83. The number of hydrogen-bond acceptors (Lipinski definition) is 7. The van der Waals surface area contributed by atoms with Gasteiger partial charge in [0.1, 0.15) is 17.7 Å². The normalized spacial score (nSPS) is 19.6. The number of hydrogen-bond donors (Lipinski definition) is 5. The first-order valence-electron chi connectivity index (χ1n) is 5.34. The first-order valence-corrected chi connectivity index (χ1v) is 5.34. The second-order valence-electron chi connectivity index (χ2n) is 3.77. The van der Waals surface area contributed by atoms with Crippen LogP contribution in [0.2, 0.25) is 0 Å². The fourth-order valence-corrected chi connectivity index (χ4v) is 1.70. The summed E-state index contributed by atoms with van der Waals surface area (Å²) in [6, 6.07) is 1.31. The molecule has 1 saturated heterocycles. The van der Waals surface area contributed by atoms with Crippen LogP contribution in [0.15, 0.2) is 6.07 Å². The van der Waals surface area contributed by atoms with Crippen LogP contribution in [0.25, 0.3) is 0 Å². The topological polar surface area (TPSA) is 131 Å². The summed E-state index contributed by atoms with van der Waals surface area (Å²) in [5.41, 5.74) is 7.90. The maximum Gasteiger partial charge on any atom is 0.242 e. The van der Waals surface area contributed by atoms with Crippen molar-refractivity contribution in [1.82, 2.24) is 15.3 Å². The Balaban J connectivity index is 2.11. The number of nitrogens with zero attached hydrogens (tertiary/aromatic N) is 2.